The van der Waals surface area contributed by atoms with Crippen molar-refractivity contribution in [3.8, 4) is 0 Å². The number of carboxylic acids is 1. The molecule has 80 valence electrons. The van der Waals surface area contributed by atoms with Gasteiger partial charge in [-0.1, -0.05) is 41.1 Å². The van der Waals surface area contributed by atoms with Gasteiger partial charge in [-0.2, -0.15) is 0 Å². The quantitative estimate of drug-likeness (QED) is 0.895. The van der Waals surface area contributed by atoms with Crippen molar-refractivity contribution in [2.45, 2.75) is 25.2 Å². The van der Waals surface area contributed by atoms with Crippen LogP contribution in [0.5, 0.6) is 0 Å². The molecule has 15 heavy (non-hydrogen) atoms. The average molecular weight is 269 g/mol. The summed E-state index contributed by atoms with van der Waals surface area (Å²) in [5, 5.41) is 9.41. The highest BCUT2D eigenvalue weighted by molar-refractivity contribution is 9.10. The molecule has 0 amide bonds. The molecule has 0 heterocycles. The predicted molar refractivity (Wildman–Crippen MR) is 61.9 cm³/mol. The average Bonchev–Trinajstić information content (AvgIpc) is 2.19. The van der Waals surface area contributed by atoms with Gasteiger partial charge in [-0.05, 0) is 30.4 Å². The monoisotopic (exact) mass is 268 g/mol. The molecule has 2 atom stereocenters. The molecule has 1 N–H and O–H groups in total. The van der Waals surface area contributed by atoms with Crippen LogP contribution in [0.1, 0.15) is 25.3 Å². The summed E-state index contributed by atoms with van der Waals surface area (Å²) in [5.41, 5.74) is 0.247. The lowest BCUT2D eigenvalue weighted by Gasteiger charge is -2.45. The number of hydrogen-bond acceptors (Lipinski definition) is 1. The van der Waals surface area contributed by atoms with Crippen LogP contribution in [0.25, 0.3) is 0 Å². The Balaban J connectivity index is 2.52. The largest absolute Gasteiger partial charge is 0.481 e. The van der Waals surface area contributed by atoms with E-state index in [0.717, 1.165) is 22.9 Å². The van der Waals surface area contributed by atoms with Crippen molar-refractivity contribution >= 4 is 21.9 Å². The van der Waals surface area contributed by atoms with Crippen LogP contribution in [0.3, 0.4) is 0 Å². The van der Waals surface area contributed by atoms with E-state index in [9.17, 15) is 9.90 Å². The maximum Gasteiger partial charge on any atom is 0.314 e. The fraction of sp³-hybridized carbons (Fsp3) is 0.417. The first-order valence-corrected chi connectivity index (χ1v) is 5.86. The molecule has 1 aromatic carbocycles. The van der Waals surface area contributed by atoms with E-state index in [-0.39, 0.29) is 5.92 Å². The van der Waals surface area contributed by atoms with Crippen molar-refractivity contribution < 1.29 is 9.90 Å². The number of hydrogen-bond donors (Lipinski definition) is 1. The Morgan fingerprint density at radius 1 is 1.53 bits per heavy atom. The molecule has 0 aliphatic heterocycles. The molecule has 0 aromatic heterocycles. The first kappa shape index (κ1) is 10.7. The topological polar surface area (TPSA) is 37.3 Å². The third-order valence-corrected chi connectivity index (χ3v) is 4.24. The van der Waals surface area contributed by atoms with E-state index in [4.69, 9.17) is 0 Å². The molecular weight excluding hydrogens is 256 g/mol. The van der Waals surface area contributed by atoms with Gasteiger partial charge in [0.2, 0.25) is 0 Å². The van der Waals surface area contributed by atoms with Gasteiger partial charge in [0.05, 0.1) is 5.41 Å². The molecular formula is C12H13BrO2. The highest BCUT2D eigenvalue weighted by Crippen LogP contribution is 2.50. The Hall–Kier alpha value is -0.830. The van der Waals surface area contributed by atoms with Gasteiger partial charge in [-0.3, -0.25) is 4.79 Å². The van der Waals surface area contributed by atoms with E-state index in [0.29, 0.717) is 0 Å². The molecule has 0 saturated heterocycles. The summed E-state index contributed by atoms with van der Waals surface area (Å²) in [6.07, 6.45) is 1.74. The number of rotatable bonds is 2. The molecule has 0 radical (unpaired) electrons. The van der Waals surface area contributed by atoms with Crippen LogP contribution < -0.4 is 0 Å². The molecule has 1 saturated carbocycles. The van der Waals surface area contributed by atoms with Crippen LogP contribution >= 0.6 is 15.9 Å². The molecule has 0 spiro atoms. The highest BCUT2D eigenvalue weighted by Gasteiger charge is 2.52. The Morgan fingerprint density at radius 2 is 2.20 bits per heavy atom. The summed E-state index contributed by atoms with van der Waals surface area (Å²) < 4.78 is 0.902. The van der Waals surface area contributed by atoms with Gasteiger partial charge < -0.3 is 5.11 Å². The lowest BCUT2D eigenvalue weighted by molar-refractivity contribution is -0.151. The maximum atomic E-state index is 11.4. The van der Waals surface area contributed by atoms with E-state index in [2.05, 4.69) is 15.9 Å². The molecule has 2 rings (SSSR count). The van der Waals surface area contributed by atoms with Gasteiger partial charge in [0.25, 0.3) is 0 Å². The molecule has 1 fully saturated rings. The fourth-order valence-electron chi connectivity index (χ4n) is 2.38. The number of halogens is 1. The third-order valence-electron chi connectivity index (χ3n) is 3.55. The van der Waals surface area contributed by atoms with Crippen molar-refractivity contribution in [3.63, 3.8) is 0 Å². The number of benzene rings is 1. The van der Waals surface area contributed by atoms with E-state index in [1.165, 1.54) is 0 Å². The SMILES string of the molecule is CC1CCC1(C(=O)O)c1ccccc1Br. The van der Waals surface area contributed by atoms with Crippen molar-refractivity contribution in [3.05, 3.63) is 34.3 Å². The van der Waals surface area contributed by atoms with Gasteiger partial charge >= 0.3 is 5.97 Å². The third kappa shape index (κ3) is 1.41. The van der Waals surface area contributed by atoms with Gasteiger partial charge in [0.15, 0.2) is 0 Å². The van der Waals surface area contributed by atoms with E-state index in [1.807, 2.05) is 31.2 Å². The molecule has 1 aliphatic carbocycles. The number of aliphatic carboxylic acids is 1. The fourth-order valence-corrected chi connectivity index (χ4v) is 3.02. The summed E-state index contributed by atoms with van der Waals surface area (Å²) in [7, 11) is 0. The second kappa shape index (κ2) is 3.63. The van der Waals surface area contributed by atoms with Crippen LogP contribution in [0.15, 0.2) is 28.7 Å². The highest BCUT2D eigenvalue weighted by atomic mass is 79.9. The molecule has 2 nitrogen and oxygen atoms in total. The van der Waals surface area contributed by atoms with Gasteiger partial charge in [-0.15, -0.1) is 0 Å². The zero-order valence-corrected chi connectivity index (χ0v) is 10.1. The lowest BCUT2D eigenvalue weighted by atomic mass is 9.57. The van der Waals surface area contributed by atoms with Crippen molar-refractivity contribution in [1.29, 1.82) is 0 Å². The molecule has 0 bridgehead atoms. The minimum absolute atomic E-state index is 0.216. The molecule has 1 aliphatic rings. The summed E-state index contributed by atoms with van der Waals surface area (Å²) in [6, 6.07) is 7.63. The minimum atomic E-state index is -0.701. The standard InChI is InChI=1S/C12H13BrO2/c1-8-6-7-12(8,11(14)15)9-4-2-3-5-10(9)13/h2-5,8H,6-7H2,1H3,(H,14,15). The van der Waals surface area contributed by atoms with E-state index in [1.54, 1.807) is 0 Å². The van der Waals surface area contributed by atoms with Crippen LogP contribution in [-0.2, 0) is 10.2 Å². The summed E-state index contributed by atoms with van der Waals surface area (Å²) in [6.45, 7) is 2.01. The Labute approximate surface area is 97.4 Å². The van der Waals surface area contributed by atoms with Crippen LogP contribution in [0.2, 0.25) is 0 Å². The van der Waals surface area contributed by atoms with Gasteiger partial charge in [-0.25, -0.2) is 0 Å². The normalized spacial score (nSPS) is 29.6. The smallest absolute Gasteiger partial charge is 0.314 e. The van der Waals surface area contributed by atoms with E-state index >= 15 is 0 Å². The van der Waals surface area contributed by atoms with Crippen LogP contribution in [0.4, 0.5) is 0 Å². The van der Waals surface area contributed by atoms with Crippen molar-refractivity contribution in [2.75, 3.05) is 0 Å². The lowest BCUT2D eigenvalue weighted by Crippen LogP contribution is -2.49. The van der Waals surface area contributed by atoms with Crippen molar-refractivity contribution in [2.24, 2.45) is 5.92 Å². The Kier molecular flexibility index (Phi) is 2.59. The zero-order chi connectivity index (χ0) is 11.1. The van der Waals surface area contributed by atoms with Crippen LogP contribution in [-0.4, -0.2) is 11.1 Å². The number of carbonyl (C=O) groups is 1. The second-order valence-electron chi connectivity index (χ2n) is 4.20. The summed E-state index contributed by atoms with van der Waals surface area (Å²) >= 11 is 3.44. The molecule has 1 aromatic rings. The zero-order valence-electron chi connectivity index (χ0n) is 8.53. The van der Waals surface area contributed by atoms with E-state index < -0.39 is 11.4 Å². The second-order valence-corrected chi connectivity index (χ2v) is 5.05. The maximum absolute atomic E-state index is 11.4. The molecule has 3 heteroatoms. The van der Waals surface area contributed by atoms with Gasteiger partial charge in [0.1, 0.15) is 0 Å². The predicted octanol–water partition coefficient (Wildman–Crippen LogP) is 3.20. The minimum Gasteiger partial charge on any atom is -0.481 e. The Morgan fingerprint density at radius 3 is 2.60 bits per heavy atom. The number of carboxylic acid groups (broad SMARTS) is 1. The summed E-state index contributed by atoms with van der Waals surface area (Å²) in [5.74, 6) is -0.484. The Bertz CT molecular complexity index is 402. The molecule has 2 unspecified atom stereocenters. The van der Waals surface area contributed by atoms with Crippen molar-refractivity contribution in [1.82, 2.24) is 0 Å². The summed E-state index contributed by atoms with van der Waals surface area (Å²) in [4.78, 5) is 11.4. The first-order valence-electron chi connectivity index (χ1n) is 5.07. The van der Waals surface area contributed by atoms with Gasteiger partial charge in [0, 0.05) is 4.47 Å². The first-order chi connectivity index (χ1) is 7.09. The van der Waals surface area contributed by atoms with Crippen LogP contribution in [0, 0.1) is 5.92 Å².